The molecule has 0 aliphatic carbocycles. The molecule has 6 heteroatoms. The van der Waals surface area contributed by atoms with Crippen LogP contribution in [0.4, 0.5) is 0 Å². The van der Waals surface area contributed by atoms with Crippen molar-refractivity contribution in [1.82, 2.24) is 9.88 Å². The van der Waals surface area contributed by atoms with E-state index in [-0.39, 0.29) is 17.1 Å². The van der Waals surface area contributed by atoms with Crippen LogP contribution in [0, 0.1) is 0 Å². The van der Waals surface area contributed by atoms with E-state index >= 15 is 0 Å². The molecule has 0 spiro atoms. The molecule has 1 fully saturated rings. The average Bonchev–Trinajstić information content (AvgIpc) is 2.77. The van der Waals surface area contributed by atoms with Gasteiger partial charge in [0.2, 0.25) is 0 Å². The van der Waals surface area contributed by atoms with Gasteiger partial charge in [0, 0.05) is 30.4 Å². The van der Waals surface area contributed by atoms with Crippen LogP contribution in [0.1, 0.15) is 58.4 Å². The Morgan fingerprint density at radius 1 is 1.23 bits per heavy atom. The molecular weight excluding hydrogens is 396 g/mol. The fourth-order valence-electron chi connectivity index (χ4n) is 4.09. The second kappa shape index (κ2) is 10.6. The van der Waals surface area contributed by atoms with E-state index in [2.05, 4.69) is 35.0 Å². The molecule has 3 rings (SSSR count). The summed E-state index contributed by atoms with van der Waals surface area (Å²) in [6.07, 6.45) is 8.06. The summed E-state index contributed by atoms with van der Waals surface area (Å²) in [4.78, 5) is 6.94. The maximum Gasteiger partial charge on any atom is 0.152 e. The monoisotopic (exact) mass is 432 g/mol. The molecule has 0 N–H and O–H groups in total. The number of fused-ring (bicyclic) bond motifs is 1. The van der Waals surface area contributed by atoms with Gasteiger partial charge in [-0.2, -0.15) is 0 Å². The number of rotatable bonds is 10. The van der Waals surface area contributed by atoms with Crippen molar-refractivity contribution in [2.24, 2.45) is 0 Å². The predicted molar refractivity (Wildman–Crippen MR) is 124 cm³/mol. The highest BCUT2D eigenvalue weighted by atomic mass is 32.2. The van der Waals surface area contributed by atoms with Gasteiger partial charge in [-0.05, 0) is 69.3 Å². The summed E-state index contributed by atoms with van der Waals surface area (Å²) >= 11 is 0. The number of piperidine rings is 1. The van der Waals surface area contributed by atoms with Crippen LogP contribution in [0.5, 0.6) is 5.75 Å². The maximum absolute atomic E-state index is 12.0. The number of ether oxygens (including phenoxy) is 1. The minimum atomic E-state index is -2.94. The second-order valence-corrected chi connectivity index (χ2v) is 11.2. The summed E-state index contributed by atoms with van der Waals surface area (Å²) in [6, 6.07) is 8.50. The number of likely N-dealkylation sites (tertiary alicyclic amines) is 1. The van der Waals surface area contributed by atoms with Crippen molar-refractivity contribution in [3.8, 4) is 5.75 Å². The number of aromatic nitrogens is 1. The first kappa shape index (κ1) is 23.0. The third-order valence-corrected chi connectivity index (χ3v) is 8.51. The molecule has 0 bridgehead atoms. The molecule has 5 nitrogen and oxygen atoms in total. The number of nitrogens with zero attached hydrogens (tertiary/aromatic N) is 2. The smallest absolute Gasteiger partial charge is 0.152 e. The van der Waals surface area contributed by atoms with Crippen molar-refractivity contribution in [2.45, 2.75) is 70.7 Å². The lowest BCUT2D eigenvalue weighted by Gasteiger charge is -2.32. The van der Waals surface area contributed by atoms with E-state index in [4.69, 9.17) is 4.74 Å². The van der Waals surface area contributed by atoms with Gasteiger partial charge >= 0.3 is 0 Å². The Bertz CT molecular complexity index is 921. The number of unbranched alkanes of at least 4 members (excludes halogenated alkanes) is 1. The highest BCUT2D eigenvalue weighted by molar-refractivity contribution is 7.91. The van der Waals surface area contributed by atoms with E-state index in [9.17, 15) is 8.42 Å². The zero-order valence-corrected chi connectivity index (χ0v) is 19.5. The summed E-state index contributed by atoms with van der Waals surface area (Å²) in [5.74, 6) is 1.13. The Kier molecular flexibility index (Phi) is 8.12. The minimum Gasteiger partial charge on any atom is -0.488 e. The Balaban J connectivity index is 1.59. The third kappa shape index (κ3) is 5.94. The summed E-state index contributed by atoms with van der Waals surface area (Å²) < 4.78 is 30.4. The van der Waals surface area contributed by atoms with Crippen LogP contribution in [-0.4, -0.2) is 55.0 Å². The first-order valence-corrected chi connectivity index (χ1v) is 13.1. The molecule has 166 valence electrons. The fraction of sp³-hybridized carbons (Fsp3) is 0.625. The Hall–Kier alpha value is -1.66. The minimum absolute atomic E-state index is 0.185. The molecule has 1 aliphatic rings. The molecule has 0 amide bonds. The molecule has 1 aromatic heterocycles. The number of sulfone groups is 1. The SMILES string of the molecule is CCCCc1cc(OC2CCN(CCC(C)S(=O)(=O)CC)CC2)c2ncccc2c1. The number of hydrogen-bond acceptors (Lipinski definition) is 5. The van der Waals surface area contributed by atoms with Gasteiger partial charge in [-0.1, -0.05) is 26.3 Å². The first-order valence-electron chi connectivity index (χ1n) is 11.4. The lowest BCUT2D eigenvalue weighted by molar-refractivity contribution is 0.101. The molecule has 0 saturated carbocycles. The fourth-order valence-corrected chi connectivity index (χ4v) is 5.13. The third-order valence-electron chi connectivity index (χ3n) is 6.24. The van der Waals surface area contributed by atoms with Gasteiger partial charge in [0.15, 0.2) is 9.84 Å². The van der Waals surface area contributed by atoms with Crippen molar-refractivity contribution in [3.63, 3.8) is 0 Å². The number of aryl methyl sites for hydroxylation is 1. The Morgan fingerprint density at radius 2 is 2.00 bits per heavy atom. The molecule has 1 atom stereocenters. The highest BCUT2D eigenvalue weighted by Gasteiger charge is 2.24. The van der Waals surface area contributed by atoms with E-state index < -0.39 is 9.84 Å². The second-order valence-electron chi connectivity index (χ2n) is 8.48. The van der Waals surface area contributed by atoms with Gasteiger partial charge in [0.1, 0.15) is 17.4 Å². The van der Waals surface area contributed by atoms with Crippen molar-refractivity contribution in [3.05, 3.63) is 36.0 Å². The van der Waals surface area contributed by atoms with Crippen LogP contribution >= 0.6 is 0 Å². The molecule has 2 heterocycles. The Morgan fingerprint density at radius 3 is 2.70 bits per heavy atom. The molecule has 0 radical (unpaired) electrons. The van der Waals surface area contributed by atoms with E-state index in [1.54, 1.807) is 6.92 Å². The van der Waals surface area contributed by atoms with Crippen LogP contribution in [0.3, 0.4) is 0 Å². The van der Waals surface area contributed by atoms with Gasteiger partial charge in [-0.3, -0.25) is 4.98 Å². The van der Waals surface area contributed by atoms with Crippen molar-refractivity contribution < 1.29 is 13.2 Å². The van der Waals surface area contributed by atoms with Gasteiger partial charge in [-0.25, -0.2) is 8.42 Å². The van der Waals surface area contributed by atoms with Crippen LogP contribution in [0.15, 0.2) is 30.5 Å². The molecule has 1 aliphatic heterocycles. The number of benzene rings is 1. The first-order chi connectivity index (χ1) is 14.4. The standard InChI is InChI=1S/C24H36N2O3S/c1-4-6-8-20-17-21-9-7-13-25-24(21)23(18-20)29-22-11-15-26(16-12-22)14-10-19(3)30(27,28)5-2/h7,9,13,17-19,22H,4-6,8,10-12,14-16H2,1-3H3. The number of hydrogen-bond donors (Lipinski definition) is 0. The van der Waals surface area contributed by atoms with Gasteiger partial charge < -0.3 is 9.64 Å². The zero-order chi connectivity index (χ0) is 21.6. The Labute approximate surface area is 181 Å². The van der Waals surface area contributed by atoms with Crippen LogP contribution in [0.2, 0.25) is 0 Å². The van der Waals surface area contributed by atoms with E-state index in [1.165, 1.54) is 18.4 Å². The lowest BCUT2D eigenvalue weighted by atomic mass is 10.0. The summed E-state index contributed by atoms with van der Waals surface area (Å²) in [5, 5.41) is 0.879. The average molecular weight is 433 g/mol. The van der Waals surface area contributed by atoms with E-state index in [0.717, 1.165) is 55.5 Å². The topological polar surface area (TPSA) is 59.5 Å². The maximum atomic E-state index is 12.0. The molecule has 1 unspecified atom stereocenters. The van der Waals surface area contributed by atoms with Crippen molar-refractivity contribution in [1.29, 1.82) is 0 Å². The van der Waals surface area contributed by atoms with Gasteiger partial charge in [0.25, 0.3) is 0 Å². The molecular formula is C24H36N2O3S. The highest BCUT2D eigenvalue weighted by Crippen LogP contribution is 2.29. The van der Waals surface area contributed by atoms with Crippen LogP contribution in [0.25, 0.3) is 10.9 Å². The quantitative estimate of drug-likeness (QED) is 0.548. The largest absolute Gasteiger partial charge is 0.488 e. The van der Waals surface area contributed by atoms with Gasteiger partial charge in [-0.15, -0.1) is 0 Å². The zero-order valence-electron chi connectivity index (χ0n) is 18.6. The van der Waals surface area contributed by atoms with E-state index in [1.807, 2.05) is 19.2 Å². The summed E-state index contributed by atoms with van der Waals surface area (Å²) in [7, 11) is -2.94. The molecule has 1 aromatic carbocycles. The van der Waals surface area contributed by atoms with Gasteiger partial charge in [0.05, 0.1) is 5.25 Å². The summed E-state index contributed by atoms with van der Waals surface area (Å²) in [6.45, 7) is 8.51. The molecule has 2 aromatic rings. The normalized spacial score (nSPS) is 17.3. The van der Waals surface area contributed by atoms with Crippen LogP contribution < -0.4 is 4.74 Å². The number of pyridine rings is 1. The van der Waals surface area contributed by atoms with Crippen molar-refractivity contribution >= 4 is 20.7 Å². The summed E-state index contributed by atoms with van der Waals surface area (Å²) in [5.41, 5.74) is 2.26. The lowest BCUT2D eigenvalue weighted by Crippen LogP contribution is -2.40. The molecule has 1 saturated heterocycles. The van der Waals surface area contributed by atoms with E-state index in [0.29, 0.717) is 6.42 Å². The van der Waals surface area contributed by atoms with Crippen LogP contribution in [-0.2, 0) is 16.3 Å². The predicted octanol–water partition coefficient (Wildman–Crippen LogP) is 4.63. The molecule has 30 heavy (non-hydrogen) atoms. The van der Waals surface area contributed by atoms with Crippen molar-refractivity contribution in [2.75, 3.05) is 25.4 Å².